The number of ether oxygens (including phenoxy) is 1. The fraction of sp³-hybridized carbons (Fsp3) is 0.171. The predicted octanol–water partition coefficient (Wildman–Crippen LogP) is 9.81. The molecule has 5 heteroatoms. The molecule has 212 valence electrons. The van der Waals surface area contributed by atoms with Crippen molar-refractivity contribution < 1.29 is 80.1 Å². The molecule has 3 nitrogen and oxygen atoms in total. The quantitative estimate of drug-likeness (QED) is 0.167. The van der Waals surface area contributed by atoms with Crippen molar-refractivity contribution in [3.05, 3.63) is 153 Å². The molecule has 4 aromatic carbocycles. The minimum absolute atomic E-state index is 0. The summed E-state index contributed by atoms with van der Waals surface area (Å²) < 4.78 is 4.91. The number of methoxy groups -OCH3 is 1. The van der Waals surface area contributed by atoms with Crippen molar-refractivity contribution in [3.63, 3.8) is 0 Å². The van der Waals surface area contributed by atoms with E-state index in [1.54, 1.807) is 19.2 Å². The Morgan fingerprint density at radius 1 is 0.600 bits per heavy atom. The third-order valence-corrected chi connectivity index (χ3v) is 4.24. The van der Waals surface area contributed by atoms with Crippen molar-refractivity contribution in [2.75, 3.05) is 7.11 Å². The number of aliphatic carboxylic acids is 1. The summed E-state index contributed by atoms with van der Waals surface area (Å²) in [5.41, 5.74) is 3.31. The maximum Gasteiger partial charge on any atom is 0.307 e. The van der Waals surface area contributed by atoms with Crippen LogP contribution in [0.15, 0.2) is 121 Å². The average Bonchev–Trinajstić information content (AvgIpc) is 2.96. The molecule has 0 amide bonds. The third kappa shape index (κ3) is 26.3. The van der Waals surface area contributed by atoms with Crippen LogP contribution in [-0.2, 0) is 76.6 Å². The smallest absolute Gasteiger partial charge is 0.307 e. The Kier molecular flexibility index (Phi) is 42.0. The Morgan fingerprint density at radius 2 is 0.900 bits per heavy atom. The zero-order valence-corrected chi connectivity index (χ0v) is 31.0. The molecule has 0 unspecified atom stereocenters. The molecule has 0 saturated carbocycles. The van der Waals surface area contributed by atoms with Crippen molar-refractivity contribution in [3.8, 4) is 5.75 Å². The summed E-state index contributed by atoms with van der Waals surface area (Å²) in [4.78, 5) is 10.2. The first-order valence-corrected chi connectivity index (χ1v) is 12.3. The second kappa shape index (κ2) is 35.1. The number of carboxylic acid groups (broad SMARTS) is 1. The zero-order valence-electron chi connectivity index (χ0n) is 25.3. The van der Waals surface area contributed by atoms with Crippen molar-refractivity contribution in [1.29, 1.82) is 0 Å². The van der Waals surface area contributed by atoms with Gasteiger partial charge in [-0.2, -0.15) is 0 Å². The zero-order chi connectivity index (χ0) is 26.9. The Hall–Kier alpha value is -1.90. The van der Waals surface area contributed by atoms with Crippen LogP contribution in [0.3, 0.4) is 0 Å². The molecule has 0 saturated heterocycles. The maximum atomic E-state index is 10.2. The maximum absolute atomic E-state index is 10.2. The van der Waals surface area contributed by atoms with Gasteiger partial charge in [0, 0.05) is 65.4 Å². The van der Waals surface area contributed by atoms with Gasteiger partial charge in [-0.3, -0.25) is 4.79 Å². The summed E-state index contributed by atoms with van der Waals surface area (Å²) in [6.07, 6.45) is 4.35. The normalized spacial score (nSPS) is 8.03. The third-order valence-electron chi connectivity index (χ3n) is 4.24. The summed E-state index contributed by atoms with van der Waals surface area (Å²) in [6.45, 7) is 8.00. The molecule has 4 rings (SSSR count). The van der Waals surface area contributed by atoms with Crippen LogP contribution in [-0.4, -0.2) is 18.2 Å². The Bertz CT molecular complexity index is 999. The number of benzene rings is 4. The van der Waals surface area contributed by atoms with E-state index in [1.165, 1.54) is 11.1 Å². The minimum Gasteiger partial charge on any atom is -0.497 e. The molecule has 2 radical (unpaired) electrons. The summed E-state index contributed by atoms with van der Waals surface area (Å²) in [5.74, 6) is 0.124. The largest absolute Gasteiger partial charge is 0.497 e. The number of hydrogen-bond donors (Lipinski definition) is 1. The van der Waals surface area contributed by atoms with E-state index >= 15 is 0 Å². The van der Waals surface area contributed by atoms with Gasteiger partial charge in [0.05, 0.1) is 13.5 Å². The van der Waals surface area contributed by atoms with Gasteiger partial charge in [-0.15, -0.1) is 0 Å². The molecule has 0 bridgehead atoms. The van der Waals surface area contributed by atoms with Gasteiger partial charge in [0.25, 0.3) is 0 Å². The number of carbonyl (C=O) groups is 1. The molecule has 0 aliphatic rings. The average molecular weight is 693 g/mol. The van der Waals surface area contributed by atoms with E-state index in [1.807, 2.05) is 113 Å². The number of carboxylic acids is 1. The molecular weight excluding hydrogens is 646 g/mol. The second-order valence-corrected chi connectivity index (χ2v) is 6.73. The standard InChI is InChI=1S/C14H12.C8H8O2.C7H8O.2C2H6.2CH3.2Y/c1-3-7-13(8-4-1)11-12-14-9-5-2-6-10-14;9-8(10)6-7-4-2-1-3-5-7;1-8-7-5-3-2-4-6-7;2*1-2;;;;/h1-12H;1-5H,6H2,(H,9,10);2-6H,1H3;2*1-2H3;2*1H3;;/q;;;;;2*-1;;/b12-11+;;;;;;;;. The molecule has 0 heterocycles. The summed E-state index contributed by atoms with van der Waals surface area (Å²) in [6, 6.07) is 39.4. The number of para-hydroxylation sites is 1. The van der Waals surface area contributed by atoms with E-state index in [0.717, 1.165) is 11.3 Å². The molecule has 0 fully saturated rings. The van der Waals surface area contributed by atoms with Crippen LogP contribution in [0.1, 0.15) is 44.4 Å². The fourth-order valence-electron chi connectivity index (χ4n) is 2.65. The van der Waals surface area contributed by atoms with Crippen LogP contribution in [0.4, 0.5) is 0 Å². The summed E-state index contributed by atoms with van der Waals surface area (Å²) >= 11 is 0. The van der Waals surface area contributed by atoms with E-state index in [2.05, 4.69) is 36.4 Å². The van der Waals surface area contributed by atoms with E-state index in [9.17, 15) is 4.79 Å². The van der Waals surface area contributed by atoms with Crippen LogP contribution in [0.25, 0.3) is 12.2 Å². The topological polar surface area (TPSA) is 46.5 Å². The van der Waals surface area contributed by atoms with E-state index in [0.29, 0.717) is 0 Å². The molecule has 0 aromatic heterocycles. The van der Waals surface area contributed by atoms with Gasteiger partial charge in [0.15, 0.2) is 0 Å². The van der Waals surface area contributed by atoms with Crippen LogP contribution in [0.2, 0.25) is 0 Å². The molecule has 0 spiro atoms. The number of hydrogen-bond acceptors (Lipinski definition) is 2. The first-order chi connectivity index (χ1) is 17.7. The Morgan fingerprint density at radius 3 is 1.18 bits per heavy atom. The van der Waals surface area contributed by atoms with E-state index in [4.69, 9.17) is 9.84 Å². The van der Waals surface area contributed by atoms with E-state index in [-0.39, 0.29) is 86.7 Å². The molecule has 0 atom stereocenters. The first kappa shape index (κ1) is 47.9. The second-order valence-electron chi connectivity index (χ2n) is 6.73. The monoisotopic (exact) mass is 692 g/mol. The summed E-state index contributed by atoms with van der Waals surface area (Å²) in [5, 5.41) is 8.37. The van der Waals surface area contributed by atoms with Gasteiger partial charge in [-0.25, -0.2) is 0 Å². The van der Waals surface area contributed by atoms with Crippen LogP contribution in [0.5, 0.6) is 5.75 Å². The van der Waals surface area contributed by atoms with Gasteiger partial charge < -0.3 is 24.7 Å². The minimum atomic E-state index is -0.786. The van der Waals surface area contributed by atoms with Crippen molar-refractivity contribution >= 4 is 18.1 Å². The van der Waals surface area contributed by atoms with Crippen molar-refractivity contribution in [2.24, 2.45) is 0 Å². The summed E-state index contributed by atoms with van der Waals surface area (Å²) in [7, 11) is 1.66. The van der Waals surface area contributed by atoms with E-state index < -0.39 is 5.97 Å². The molecule has 0 aliphatic heterocycles. The molecule has 4 aromatic rings. The molecule has 0 aliphatic carbocycles. The van der Waals surface area contributed by atoms with Gasteiger partial charge >= 0.3 is 5.97 Å². The first-order valence-electron chi connectivity index (χ1n) is 12.3. The van der Waals surface area contributed by atoms with Gasteiger partial charge in [0.1, 0.15) is 5.75 Å². The van der Waals surface area contributed by atoms with Crippen molar-refractivity contribution in [1.82, 2.24) is 0 Å². The van der Waals surface area contributed by atoms with Gasteiger partial charge in [-0.1, -0.05) is 149 Å². The SMILES string of the molecule is C(=C\c1ccccc1)/c1ccccc1.CC.CC.COc1ccccc1.O=C(O)Cc1ccccc1.[CH3-].[CH3-].[Y].[Y]. The van der Waals surface area contributed by atoms with Gasteiger partial charge in [-0.05, 0) is 28.8 Å². The molecule has 40 heavy (non-hydrogen) atoms. The fourth-order valence-corrected chi connectivity index (χ4v) is 2.65. The van der Waals surface area contributed by atoms with Crippen molar-refractivity contribution in [2.45, 2.75) is 34.1 Å². The van der Waals surface area contributed by atoms with Crippen LogP contribution < -0.4 is 4.74 Å². The predicted molar refractivity (Wildman–Crippen MR) is 168 cm³/mol. The Labute approximate surface area is 295 Å². The number of rotatable bonds is 5. The van der Waals surface area contributed by atoms with Crippen LogP contribution >= 0.6 is 0 Å². The molecular formula is C35H46O3Y2-2. The van der Waals surface area contributed by atoms with Crippen LogP contribution in [0, 0.1) is 14.9 Å². The Balaban J connectivity index is -0.000000142. The van der Waals surface area contributed by atoms with Gasteiger partial charge in [0.2, 0.25) is 0 Å². The molecule has 1 N–H and O–H groups in total.